The predicted octanol–water partition coefficient (Wildman–Crippen LogP) is 7.12. The van der Waals surface area contributed by atoms with E-state index in [9.17, 15) is 9.59 Å². The van der Waals surface area contributed by atoms with Gasteiger partial charge in [0.05, 0.1) is 6.10 Å². The van der Waals surface area contributed by atoms with E-state index in [4.69, 9.17) is 4.74 Å². The summed E-state index contributed by atoms with van der Waals surface area (Å²) >= 11 is 1.67. The molecule has 5 aromatic rings. The molecule has 0 N–H and O–H groups in total. The Hall–Kier alpha value is -3.76. The molecule has 0 amide bonds. The van der Waals surface area contributed by atoms with Gasteiger partial charge in [-0.05, 0) is 62.4 Å². The molecule has 33 heavy (non-hydrogen) atoms. The van der Waals surface area contributed by atoms with Crippen LogP contribution in [0.3, 0.4) is 0 Å². The molecule has 3 nitrogen and oxygen atoms in total. The van der Waals surface area contributed by atoms with Crippen molar-refractivity contribution in [3.8, 4) is 5.75 Å². The van der Waals surface area contributed by atoms with Crippen LogP contribution in [0.1, 0.15) is 29.8 Å². The van der Waals surface area contributed by atoms with Gasteiger partial charge in [-0.3, -0.25) is 9.59 Å². The van der Waals surface area contributed by atoms with Gasteiger partial charge in [-0.2, -0.15) is 0 Å². The van der Waals surface area contributed by atoms with Gasteiger partial charge < -0.3 is 4.74 Å². The monoisotopic (exact) mass is 452 g/mol. The Kier molecular flexibility index (Phi) is 6.96. The third-order valence-corrected chi connectivity index (χ3v) is 6.16. The zero-order valence-electron chi connectivity index (χ0n) is 18.5. The van der Waals surface area contributed by atoms with Crippen molar-refractivity contribution in [2.24, 2.45) is 0 Å². The van der Waals surface area contributed by atoms with E-state index in [1.807, 2.05) is 105 Å². The van der Waals surface area contributed by atoms with Crippen molar-refractivity contribution >= 4 is 37.3 Å². The molecule has 1 heterocycles. The first-order chi connectivity index (χ1) is 16.0. The maximum absolute atomic E-state index is 12.1. The lowest BCUT2D eigenvalue weighted by Gasteiger charge is -2.09. The third-order valence-electron chi connectivity index (χ3n) is 5.01. The SMILES string of the molecule is CC(C)Oc1ccc(C(=O)c2ccccc2)cc1.O=c1c2ccccc2sc2ccccc12. The summed E-state index contributed by atoms with van der Waals surface area (Å²) in [5, 5.41) is 1.64. The lowest BCUT2D eigenvalue weighted by Crippen LogP contribution is -2.06. The maximum atomic E-state index is 12.1. The van der Waals surface area contributed by atoms with Gasteiger partial charge in [-0.25, -0.2) is 0 Å². The lowest BCUT2D eigenvalue weighted by molar-refractivity contribution is 0.103. The van der Waals surface area contributed by atoms with Gasteiger partial charge in [0.2, 0.25) is 0 Å². The number of ketones is 1. The molecule has 5 rings (SSSR count). The van der Waals surface area contributed by atoms with Gasteiger partial charge in [0, 0.05) is 31.3 Å². The molecule has 0 aliphatic carbocycles. The van der Waals surface area contributed by atoms with Crippen LogP contribution in [0, 0.1) is 0 Å². The van der Waals surface area contributed by atoms with Crippen LogP contribution in [0.4, 0.5) is 0 Å². The maximum Gasteiger partial charge on any atom is 0.195 e. The van der Waals surface area contributed by atoms with Crippen LogP contribution in [0.25, 0.3) is 20.2 Å². The summed E-state index contributed by atoms with van der Waals surface area (Å²) in [7, 11) is 0. The van der Waals surface area contributed by atoms with E-state index in [2.05, 4.69) is 0 Å². The average Bonchev–Trinajstić information content (AvgIpc) is 2.85. The highest BCUT2D eigenvalue weighted by atomic mass is 32.1. The molecule has 0 saturated heterocycles. The number of hydrogen-bond donors (Lipinski definition) is 0. The second kappa shape index (κ2) is 10.2. The van der Waals surface area contributed by atoms with E-state index < -0.39 is 0 Å². The molecule has 4 heteroatoms. The Bertz CT molecular complexity index is 1380. The number of ether oxygens (including phenoxy) is 1. The van der Waals surface area contributed by atoms with Crippen LogP contribution < -0.4 is 10.2 Å². The molecule has 0 fully saturated rings. The fourth-order valence-corrected chi connectivity index (χ4v) is 4.53. The van der Waals surface area contributed by atoms with E-state index >= 15 is 0 Å². The van der Waals surface area contributed by atoms with E-state index in [1.165, 1.54) is 0 Å². The highest BCUT2D eigenvalue weighted by molar-refractivity contribution is 7.24. The molecular formula is C29H24O3S. The Morgan fingerprint density at radius 3 is 1.70 bits per heavy atom. The minimum atomic E-state index is 0.0340. The van der Waals surface area contributed by atoms with Crippen LogP contribution in [0.2, 0.25) is 0 Å². The number of rotatable bonds is 4. The zero-order valence-corrected chi connectivity index (χ0v) is 19.3. The summed E-state index contributed by atoms with van der Waals surface area (Å²) in [6.45, 7) is 3.95. The van der Waals surface area contributed by atoms with Crippen molar-refractivity contribution in [1.82, 2.24) is 0 Å². The molecule has 1 aromatic heterocycles. The van der Waals surface area contributed by atoms with Crippen molar-refractivity contribution in [1.29, 1.82) is 0 Å². The van der Waals surface area contributed by atoms with Crippen molar-refractivity contribution in [3.63, 3.8) is 0 Å². The van der Waals surface area contributed by atoms with Crippen LogP contribution in [-0.2, 0) is 0 Å². The molecule has 0 radical (unpaired) electrons. The molecule has 0 aliphatic heterocycles. The molecule has 0 spiro atoms. The fourth-order valence-electron chi connectivity index (χ4n) is 3.46. The molecule has 164 valence electrons. The van der Waals surface area contributed by atoms with Crippen molar-refractivity contribution in [2.45, 2.75) is 20.0 Å². The quantitative estimate of drug-likeness (QED) is 0.215. The van der Waals surface area contributed by atoms with E-state index in [-0.39, 0.29) is 17.3 Å². The van der Waals surface area contributed by atoms with Crippen molar-refractivity contribution in [3.05, 3.63) is 124 Å². The first kappa shape index (κ1) is 22.4. The van der Waals surface area contributed by atoms with Crippen LogP contribution >= 0.6 is 11.3 Å². The molecular weight excluding hydrogens is 428 g/mol. The fraction of sp³-hybridized carbons (Fsp3) is 0.103. The Morgan fingerprint density at radius 2 is 1.15 bits per heavy atom. The second-order valence-corrected chi connectivity index (χ2v) is 8.89. The summed E-state index contributed by atoms with van der Waals surface area (Å²) in [5.41, 5.74) is 1.52. The topological polar surface area (TPSA) is 43.4 Å². The van der Waals surface area contributed by atoms with E-state index in [0.29, 0.717) is 11.1 Å². The van der Waals surface area contributed by atoms with Crippen LogP contribution in [0.5, 0.6) is 5.75 Å². The molecule has 0 unspecified atom stereocenters. The van der Waals surface area contributed by atoms with Gasteiger partial charge in [0.1, 0.15) is 5.75 Å². The van der Waals surface area contributed by atoms with Crippen LogP contribution in [0.15, 0.2) is 108 Å². The van der Waals surface area contributed by atoms with E-state index in [1.54, 1.807) is 23.5 Å². The van der Waals surface area contributed by atoms with Gasteiger partial charge >= 0.3 is 0 Å². The van der Waals surface area contributed by atoms with Gasteiger partial charge in [0.15, 0.2) is 11.2 Å². The average molecular weight is 453 g/mol. The molecule has 0 aliphatic rings. The lowest BCUT2D eigenvalue weighted by atomic mass is 10.0. The Balaban J connectivity index is 0.000000159. The third kappa shape index (κ3) is 5.36. The first-order valence-electron chi connectivity index (χ1n) is 10.8. The summed E-state index contributed by atoms with van der Waals surface area (Å²) in [6, 6.07) is 32.0. The number of hydrogen-bond acceptors (Lipinski definition) is 4. The van der Waals surface area contributed by atoms with Gasteiger partial charge in [-0.1, -0.05) is 54.6 Å². The first-order valence-corrected chi connectivity index (χ1v) is 11.6. The largest absolute Gasteiger partial charge is 0.491 e. The standard InChI is InChI=1S/C16H16O2.C13H8OS/c1-12(2)18-15-10-8-14(9-11-15)16(17)13-6-4-3-5-7-13;14-13-9-5-1-3-7-11(9)15-12-8-4-2-6-10(12)13/h3-12H,1-2H3;1-8H. The number of fused-ring (bicyclic) bond motifs is 2. The summed E-state index contributed by atoms with van der Waals surface area (Å²) < 4.78 is 7.66. The van der Waals surface area contributed by atoms with Gasteiger partial charge in [0.25, 0.3) is 0 Å². The van der Waals surface area contributed by atoms with Crippen molar-refractivity contribution in [2.75, 3.05) is 0 Å². The number of benzene rings is 4. The van der Waals surface area contributed by atoms with E-state index in [0.717, 1.165) is 25.9 Å². The number of carbonyl (C=O) groups is 1. The van der Waals surface area contributed by atoms with Crippen LogP contribution in [-0.4, -0.2) is 11.9 Å². The predicted molar refractivity (Wildman–Crippen MR) is 138 cm³/mol. The second-order valence-electron chi connectivity index (χ2n) is 7.81. The molecule has 0 saturated carbocycles. The van der Waals surface area contributed by atoms with Gasteiger partial charge in [-0.15, -0.1) is 11.3 Å². The zero-order chi connectivity index (χ0) is 23.2. The summed E-state index contributed by atoms with van der Waals surface area (Å²) in [4.78, 5) is 24.2. The molecule has 0 bridgehead atoms. The Labute approximate surface area is 196 Å². The smallest absolute Gasteiger partial charge is 0.195 e. The number of carbonyl (C=O) groups excluding carboxylic acids is 1. The molecule has 4 aromatic carbocycles. The highest BCUT2D eigenvalue weighted by Gasteiger charge is 2.08. The normalized spacial score (nSPS) is 10.6. The molecule has 0 atom stereocenters. The summed E-state index contributed by atoms with van der Waals surface area (Å²) in [6.07, 6.45) is 0.140. The minimum Gasteiger partial charge on any atom is -0.491 e. The minimum absolute atomic E-state index is 0.0340. The summed E-state index contributed by atoms with van der Waals surface area (Å²) in [5.74, 6) is 0.821. The Morgan fingerprint density at radius 1 is 0.667 bits per heavy atom. The van der Waals surface area contributed by atoms with Crippen molar-refractivity contribution < 1.29 is 9.53 Å². The highest BCUT2D eigenvalue weighted by Crippen LogP contribution is 2.23.